The van der Waals surface area contributed by atoms with E-state index in [0.29, 0.717) is 29.7 Å². The first kappa shape index (κ1) is 14.3. The third-order valence-electron chi connectivity index (χ3n) is 2.45. The van der Waals surface area contributed by atoms with Gasteiger partial charge in [-0.3, -0.25) is 0 Å². The predicted octanol–water partition coefficient (Wildman–Crippen LogP) is 2.33. The molecule has 96 valence electrons. The second kappa shape index (κ2) is 6.83. The van der Waals surface area contributed by atoms with Crippen LogP contribution < -0.4 is 10.5 Å². The number of rotatable bonds is 6. The van der Waals surface area contributed by atoms with E-state index in [9.17, 15) is 5.11 Å². The summed E-state index contributed by atoms with van der Waals surface area (Å²) >= 11 is 3.27. The minimum atomic E-state index is -0.168. The molecule has 0 spiro atoms. The first-order valence-electron chi connectivity index (χ1n) is 5.61. The van der Waals surface area contributed by atoms with Crippen LogP contribution in [0.1, 0.15) is 31.4 Å². The van der Waals surface area contributed by atoms with Crippen molar-refractivity contribution in [3.63, 3.8) is 0 Å². The van der Waals surface area contributed by atoms with Gasteiger partial charge in [-0.2, -0.15) is 0 Å². The highest BCUT2D eigenvalue weighted by atomic mass is 79.9. The molecule has 0 fully saturated rings. The van der Waals surface area contributed by atoms with Gasteiger partial charge < -0.3 is 20.7 Å². The van der Waals surface area contributed by atoms with Crippen molar-refractivity contribution in [2.75, 3.05) is 13.2 Å². The fraction of sp³-hybridized carbons (Fsp3) is 0.500. The molecule has 0 unspecified atom stereocenters. The molecule has 0 heterocycles. The second-order valence-electron chi connectivity index (χ2n) is 3.75. The average molecular weight is 304 g/mol. The standard InChI is InChI=1S/C12H18BrNO3/c1-2-17-11-7-8(6-9(13)12(11)16)10(14)4-3-5-15/h6-7,10,15-16H,2-5,14H2,1H3/t10-/m0/s1. The number of halogens is 1. The molecule has 1 aromatic carbocycles. The van der Waals surface area contributed by atoms with Crippen molar-refractivity contribution in [1.82, 2.24) is 0 Å². The number of ether oxygens (including phenoxy) is 1. The van der Waals surface area contributed by atoms with E-state index in [1.807, 2.05) is 6.92 Å². The molecule has 0 aliphatic rings. The maximum absolute atomic E-state index is 9.76. The Morgan fingerprint density at radius 2 is 2.18 bits per heavy atom. The van der Waals surface area contributed by atoms with E-state index in [-0.39, 0.29) is 18.4 Å². The first-order chi connectivity index (χ1) is 8.10. The molecule has 1 rings (SSSR count). The van der Waals surface area contributed by atoms with Gasteiger partial charge in [-0.25, -0.2) is 0 Å². The quantitative estimate of drug-likeness (QED) is 0.754. The summed E-state index contributed by atoms with van der Waals surface area (Å²) in [6, 6.07) is 3.35. The Kier molecular flexibility index (Phi) is 5.74. The van der Waals surface area contributed by atoms with Gasteiger partial charge in [0, 0.05) is 12.6 Å². The van der Waals surface area contributed by atoms with Crippen molar-refractivity contribution < 1.29 is 14.9 Å². The van der Waals surface area contributed by atoms with Gasteiger partial charge in [0.15, 0.2) is 11.5 Å². The van der Waals surface area contributed by atoms with Gasteiger partial charge in [0.1, 0.15) is 0 Å². The minimum Gasteiger partial charge on any atom is -0.503 e. The normalized spacial score (nSPS) is 12.5. The van der Waals surface area contributed by atoms with E-state index >= 15 is 0 Å². The number of phenols is 1. The van der Waals surface area contributed by atoms with Crippen LogP contribution in [-0.2, 0) is 0 Å². The van der Waals surface area contributed by atoms with E-state index in [1.54, 1.807) is 12.1 Å². The van der Waals surface area contributed by atoms with Crippen molar-refractivity contribution in [2.45, 2.75) is 25.8 Å². The van der Waals surface area contributed by atoms with Crippen molar-refractivity contribution in [3.05, 3.63) is 22.2 Å². The summed E-state index contributed by atoms with van der Waals surface area (Å²) in [4.78, 5) is 0. The van der Waals surface area contributed by atoms with E-state index < -0.39 is 0 Å². The molecule has 4 nitrogen and oxygen atoms in total. The maximum atomic E-state index is 9.76. The molecule has 0 saturated carbocycles. The zero-order valence-electron chi connectivity index (χ0n) is 9.82. The number of nitrogens with two attached hydrogens (primary N) is 1. The number of hydrogen-bond acceptors (Lipinski definition) is 4. The van der Waals surface area contributed by atoms with Gasteiger partial charge in [-0.05, 0) is 53.4 Å². The maximum Gasteiger partial charge on any atom is 0.172 e. The highest BCUT2D eigenvalue weighted by Crippen LogP contribution is 2.37. The molecule has 0 bridgehead atoms. The summed E-state index contributed by atoms with van der Waals surface area (Å²) < 4.78 is 5.90. The third-order valence-corrected chi connectivity index (χ3v) is 3.06. The molecule has 1 aromatic rings. The lowest BCUT2D eigenvalue weighted by molar-refractivity contribution is 0.279. The van der Waals surface area contributed by atoms with E-state index in [4.69, 9.17) is 15.6 Å². The van der Waals surface area contributed by atoms with E-state index in [2.05, 4.69) is 15.9 Å². The molecule has 4 N–H and O–H groups in total. The van der Waals surface area contributed by atoms with Crippen molar-refractivity contribution in [3.8, 4) is 11.5 Å². The minimum absolute atomic E-state index is 0.0879. The molecule has 1 atom stereocenters. The Balaban J connectivity index is 2.92. The van der Waals surface area contributed by atoms with Gasteiger partial charge in [0.05, 0.1) is 11.1 Å². The highest BCUT2D eigenvalue weighted by Gasteiger charge is 2.13. The Hall–Kier alpha value is -0.780. The number of phenolic OH excluding ortho intramolecular Hbond substituents is 1. The van der Waals surface area contributed by atoms with Gasteiger partial charge in [0.25, 0.3) is 0 Å². The van der Waals surface area contributed by atoms with Crippen molar-refractivity contribution in [2.24, 2.45) is 5.73 Å². The van der Waals surface area contributed by atoms with Gasteiger partial charge >= 0.3 is 0 Å². The van der Waals surface area contributed by atoms with Crippen LogP contribution in [0.2, 0.25) is 0 Å². The predicted molar refractivity (Wildman–Crippen MR) is 70.2 cm³/mol. The Bertz CT molecular complexity index is 371. The summed E-state index contributed by atoms with van der Waals surface area (Å²) in [5.74, 6) is 0.515. The molecule has 0 amide bonds. The second-order valence-corrected chi connectivity index (χ2v) is 4.61. The van der Waals surface area contributed by atoms with Crippen LogP contribution in [0.5, 0.6) is 11.5 Å². The Morgan fingerprint density at radius 3 is 2.76 bits per heavy atom. The highest BCUT2D eigenvalue weighted by molar-refractivity contribution is 9.10. The van der Waals surface area contributed by atoms with Crippen molar-refractivity contribution in [1.29, 1.82) is 0 Å². The molecular formula is C12H18BrNO3. The molecule has 5 heteroatoms. The zero-order chi connectivity index (χ0) is 12.8. The van der Waals surface area contributed by atoms with Crippen LogP contribution in [0.25, 0.3) is 0 Å². The summed E-state index contributed by atoms with van der Waals surface area (Å²) in [6.45, 7) is 2.46. The molecule has 0 radical (unpaired) electrons. The Morgan fingerprint density at radius 1 is 1.47 bits per heavy atom. The smallest absolute Gasteiger partial charge is 0.172 e. The number of hydrogen-bond donors (Lipinski definition) is 3. The van der Waals surface area contributed by atoms with E-state index in [0.717, 1.165) is 5.56 Å². The fourth-order valence-electron chi connectivity index (χ4n) is 1.55. The topological polar surface area (TPSA) is 75.7 Å². The summed E-state index contributed by atoms with van der Waals surface area (Å²) in [5, 5.41) is 18.5. The molecule has 0 saturated heterocycles. The number of aliphatic hydroxyl groups is 1. The van der Waals surface area contributed by atoms with Crippen LogP contribution in [0, 0.1) is 0 Å². The number of benzene rings is 1. The van der Waals surface area contributed by atoms with Crippen LogP contribution in [0.3, 0.4) is 0 Å². The SMILES string of the molecule is CCOc1cc([C@@H](N)CCCO)cc(Br)c1O. The summed E-state index contributed by atoms with van der Waals surface area (Å²) in [7, 11) is 0. The lowest BCUT2D eigenvalue weighted by Crippen LogP contribution is -2.11. The van der Waals surface area contributed by atoms with Gasteiger partial charge in [0.2, 0.25) is 0 Å². The first-order valence-corrected chi connectivity index (χ1v) is 6.41. The number of aliphatic hydroxyl groups excluding tert-OH is 1. The summed E-state index contributed by atoms with van der Waals surface area (Å²) in [5.41, 5.74) is 6.88. The lowest BCUT2D eigenvalue weighted by atomic mass is 10.0. The van der Waals surface area contributed by atoms with Crippen molar-refractivity contribution >= 4 is 15.9 Å². The fourth-order valence-corrected chi connectivity index (χ4v) is 2.01. The third kappa shape index (κ3) is 3.87. The zero-order valence-corrected chi connectivity index (χ0v) is 11.4. The average Bonchev–Trinajstić information content (AvgIpc) is 2.31. The van der Waals surface area contributed by atoms with Crippen LogP contribution in [0.4, 0.5) is 0 Å². The molecule has 0 aliphatic heterocycles. The molecule has 17 heavy (non-hydrogen) atoms. The largest absolute Gasteiger partial charge is 0.503 e. The lowest BCUT2D eigenvalue weighted by Gasteiger charge is -2.15. The molecule has 0 aromatic heterocycles. The van der Waals surface area contributed by atoms with Gasteiger partial charge in [-0.1, -0.05) is 0 Å². The van der Waals surface area contributed by atoms with E-state index in [1.165, 1.54) is 0 Å². The monoisotopic (exact) mass is 303 g/mol. The van der Waals surface area contributed by atoms with Gasteiger partial charge in [-0.15, -0.1) is 0 Å². The van der Waals surface area contributed by atoms with Crippen LogP contribution in [-0.4, -0.2) is 23.4 Å². The Labute approximate surface area is 110 Å². The van der Waals surface area contributed by atoms with Crippen LogP contribution in [0.15, 0.2) is 16.6 Å². The summed E-state index contributed by atoms with van der Waals surface area (Å²) in [6.07, 6.45) is 1.35. The number of aromatic hydroxyl groups is 1. The molecular weight excluding hydrogens is 286 g/mol. The van der Waals surface area contributed by atoms with Crippen LogP contribution >= 0.6 is 15.9 Å². The molecule has 0 aliphatic carbocycles.